The second kappa shape index (κ2) is 13.9. The molecule has 0 N–H and O–H groups in total. The van der Waals surface area contributed by atoms with E-state index in [4.69, 9.17) is 0 Å². The Hall–Kier alpha value is -1.78. The highest BCUT2D eigenvalue weighted by atomic mass is 15.3. The van der Waals surface area contributed by atoms with Crippen LogP contribution in [-0.2, 0) is 13.1 Å². The molecule has 2 aromatic rings. The summed E-state index contributed by atoms with van der Waals surface area (Å²) in [6.45, 7) is 10.8. The van der Waals surface area contributed by atoms with Gasteiger partial charge in [0.05, 0.1) is 6.67 Å². The van der Waals surface area contributed by atoms with E-state index in [0.29, 0.717) is 0 Å². The number of aromatic nitrogens is 2. The molecule has 2 aromatic heterocycles. The summed E-state index contributed by atoms with van der Waals surface area (Å²) in [4.78, 5) is 12.6. The first kappa shape index (κ1) is 21.2. The Morgan fingerprint density at radius 3 is 1.26 bits per heavy atom. The molecule has 2 heterocycles. The third-order valence-corrected chi connectivity index (χ3v) is 2.89. The Bertz CT molecular complexity index is 428. The Morgan fingerprint density at radius 2 is 0.957 bits per heavy atom. The van der Waals surface area contributed by atoms with Crippen LogP contribution < -0.4 is 0 Å². The standard InChI is InChI=1S/C15H20N4.2C2H6/c1-18(11-14-3-7-16-8-4-14)13-19(2)12-15-5-9-17-10-6-15;2*1-2/h3-10H,11-13H2,1-2H3;2*1-2H3. The molecule has 0 saturated heterocycles. The first-order valence-electron chi connectivity index (χ1n) is 8.39. The fraction of sp³-hybridized carbons (Fsp3) is 0.474. The molecular formula is C19H32N4. The van der Waals surface area contributed by atoms with Gasteiger partial charge in [-0.1, -0.05) is 27.7 Å². The highest BCUT2D eigenvalue weighted by Crippen LogP contribution is 2.04. The highest BCUT2D eigenvalue weighted by Gasteiger charge is 2.05. The van der Waals surface area contributed by atoms with Gasteiger partial charge in [0, 0.05) is 37.9 Å². The van der Waals surface area contributed by atoms with E-state index >= 15 is 0 Å². The second-order valence-corrected chi connectivity index (χ2v) is 4.88. The predicted molar refractivity (Wildman–Crippen MR) is 99.0 cm³/mol. The third kappa shape index (κ3) is 9.76. The van der Waals surface area contributed by atoms with Crippen LogP contribution in [0.3, 0.4) is 0 Å². The Morgan fingerprint density at radius 1 is 0.652 bits per heavy atom. The van der Waals surface area contributed by atoms with Crippen LogP contribution in [0.4, 0.5) is 0 Å². The molecule has 128 valence electrons. The Balaban J connectivity index is 0.00000112. The summed E-state index contributed by atoms with van der Waals surface area (Å²) in [6.07, 6.45) is 7.35. The number of hydrogen-bond acceptors (Lipinski definition) is 4. The summed E-state index contributed by atoms with van der Waals surface area (Å²) in [5, 5.41) is 0. The summed E-state index contributed by atoms with van der Waals surface area (Å²) < 4.78 is 0. The number of hydrogen-bond donors (Lipinski definition) is 0. The maximum Gasteiger partial charge on any atom is 0.0507 e. The van der Waals surface area contributed by atoms with E-state index < -0.39 is 0 Å². The number of nitrogens with zero attached hydrogens (tertiary/aromatic N) is 4. The molecule has 0 aliphatic heterocycles. The molecule has 0 aromatic carbocycles. The Kier molecular flexibility index (Phi) is 12.8. The van der Waals surface area contributed by atoms with Gasteiger partial charge in [0.2, 0.25) is 0 Å². The van der Waals surface area contributed by atoms with E-state index in [-0.39, 0.29) is 0 Å². The van der Waals surface area contributed by atoms with Crippen molar-refractivity contribution in [2.24, 2.45) is 0 Å². The monoisotopic (exact) mass is 316 g/mol. The van der Waals surface area contributed by atoms with E-state index in [1.807, 2.05) is 52.5 Å². The van der Waals surface area contributed by atoms with Crippen molar-refractivity contribution < 1.29 is 0 Å². The van der Waals surface area contributed by atoms with Crippen LogP contribution in [0.15, 0.2) is 49.1 Å². The minimum Gasteiger partial charge on any atom is -0.289 e. The van der Waals surface area contributed by atoms with Gasteiger partial charge in [0.25, 0.3) is 0 Å². The molecule has 4 nitrogen and oxygen atoms in total. The lowest BCUT2D eigenvalue weighted by molar-refractivity contribution is 0.171. The maximum absolute atomic E-state index is 4.03. The zero-order valence-corrected chi connectivity index (χ0v) is 15.5. The molecule has 0 aliphatic carbocycles. The summed E-state index contributed by atoms with van der Waals surface area (Å²) in [7, 11) is 4.26. The summed E-state index contributed by atoms with van der Waals surface area (Å²) in [5.41, 5.74) is 2.57. The molecule has 23 heavy (non-hydrogen) atoms. The molecular weight excluding hydrogens is 284 g/mol. The fourth-order valence-corrected chi connectivity index (χ4v) is 2.11. The molecule has 0 unspecified atom stereocenters. The lowest BCUT2D eigenvalue weighted by Gasteiger charge is -2.24. The minimum atomic E-state index is 0.921. The van der Waals surface area contributed by atoms with Gasteiger partial charge in [0.1, 0.15) is 0 Å². The number of pyridine rings is 2. The van der Waals surface area contributed by atoms with Crippen molar-refractivity contribution in [1.82, 2.24) is 19.8 Å². The molecule has 4 heteroatoms. The van der Waals surface area contributed by atoms with E-state index in [0.717, 1.165) is 19.8 Å². The largest absolute Gasteiger partial charge is 0.289 e. The SMILES string of the molecule is CC.CC.CN(Cc1ccncc1)CN(C)Cc1ccncc1. The van der Waals surface area contributed by atoms with Gasteiger partial charge in [-0.05, 0) is 49.5 Å². The summed E-state index contributed by atoms with van der Waals surface area (Å²) in [6, 6.07) is 8.22. The van der Waals surface area contributed by atoms with Gasteiger partial charge in [-0.25, -0.2) is 0 Å². The maximum atomic E-state index is 4.03. The molecule has 0 aliphatic rings. The summed E-state index contributed by atoms with van der Waals surface area (Å²) >= 11 is 0. The van der Waals surface area contributed by atoms with E-state index in [1.54, 1.807) is 0 Å². The third-order valence-electron chi connectivity index (χ3n) is 2.89. The molecule has 0 radical (unpaired) electrons. The molecule has 2 rings (SSSR count). The summed E-state index contributed by atoms with van der Waals surface area (Å²) in [5.74, 6) is 0. The first-order valence-corrected chi connectivity index (χ1v) is 8.39. The number of rotatable bonds is 6. The topological polar surface area (TPSA) is 32.3 Å². The quantitative estimate of drug-likeness (QED) is 0.753. The van der Waals surface area contributed by atoms with Crippen molar-refractivity contribution in [3.05, 3.63) is 60.2 Å². The lowest BCUT2D eigenvalue weighted by atomic mass is 10.2. The molecule has 0 saturated carbocycles. The van der Waals surface area contributed by atoms with Gasteiger partial charge >= 0.3 is 0 Å². The average molecular weight is 316 g/mol. The van der Waals surface area contributed by atoms with Crippen molar-refractivity contribution in [3.8, 4) is 0 Å². The van der Waals surface area contributed by atoms with Crippen LogP contribution in [0.5, 0.6) is 0 Å². The van der Waals surface area contributed by atoms with Gasteiger partial charge in [-0.2, -0.15) is 0 Å². The second-order valence-electron chi connectivity index (χ2n) is 4.88. The molecule has 0 atom stereocenters. The van der Waals surface area contributed by atoms with Crippen molar-refractivity contribution in [2.45, 2.75) is 40.8 Å². The van der Waals surface area contributed by atoms with Gasteiger partial charge in [-0.15, -0.1) is 0 Å². The predicted octanol–water partition coefficient (Wildman–Crippen LogP) is 4.05. The van der Waals surface area contributed by atoms with Gasteiger partial charge in [0.15, 0.2) is 0 Å². The molecule has 0 fully saturated rings. The van der Waals surface area contributed by atoms with Crippen molar-refractivity contribution in [3.63, 3.8) is 0 Å². The van der Waals surface area contributed by atoms with Crippen LogP contribution >= 0.6 is 0 Å². The van der Waals surface area contributed by atoms with Crippen molar-refractivity contribution in [2.75, 3.05) is 20.8 Å². The van der Waals surface area contributed by atoms with Crippen molar-refractivity contribution >= 4 is 0 Å². The van der Waals surface area contributed by atoms with Crippen LogP contribution in [0.1, 0.15) is 38.8 Å². The molecule has 0 amide bonds. The zero-order chi connectivity index (χ0) is 17.5. The van der Waals surface area contributed by atoms with Crippen LogP contribution in [0.2, 0.25) is 0 Å². The van der Waals surface area contributed by atoms with Crippen LogP contribution in [0, 0.1) is 0 Å². The van der Waals surface area contributed by atoms with Crippen molar-refractivity contribution in [1.29, 1.82) is 0 Å². The van der Waals surface area contributed by atoms with Gasteiger partial charge < -0.3 is 0 Å². The zero-order valence-electron chi connectivity index (χ0n) is 15.5. The smallest absolute Gasteiger partial charge is 0.0507 e. The van der Waals surface area contributed by atoms with E-state index in [2.05, 4.69) is 58.1 Å². The van der Waals surface area contributed by atoms with Crippen LogP contribution in [-0.4, -0.2) is 40.5 Å². The van der Waals surface area contributed by atoms with E-state index in [9.17, 15) is 0 Å². The fourth-order valence-electron chi connectivity index (χ4n) is 2.11. The van der Waals surface area contributed by atoms with Gasteiger partial charge in [-0.3, -0.25) is 19.8 Å². The molecule has 0 bridgehead atoms. The van der Waals surface area contributed by atoms with Crippen LogP contribution in [0.25, 0.3) is 0 Å². The molecule has 0 spiro atoms. The highest BCUT2D eigenvalue weighted by molar-refractivity contribution is 5.10. The lowest BCUT2D eigenvalue weighted by Crippen LogP contribution is -2.32. The first-order chi connectivity index (χ1) is 11.2. The van der Waals surface area contributed by atoms with E-state index in [1.165, 1.54) is 11.1 Å². The Labute approximate surface area is 142 Å². The normalized spacial score (nSPS) is 9.74. The minimum absolute atomic E-state index is 0.921. The average Bonchev–Trinajstić information content (AvgIpc) is 2.60.